The zero-order valence-electron chi connectivity index (χ0n) is 19.5. The molecule has 0 saturated carbocycles. The van der Waals surface area contributed by atoms with Crippen molar-refractivity contribution in [3.05, 3.63) is 66.1 Å². The van der Waals surface area contributed by atoms with Crippen molar-refractivity contribution in [2.75, 3.05) is 5.73 Å². The van der Waals surface area contributed by atoms with Crippen LogP contribution < -0.4 is 16.8 Å². The van der Waals surface area contributed by atoms with E-state index in [1.165, 1.54) is 30.5 Å². The molecule has 0 fully saturated rings. The molecule has 0 aliphatic carbocycles. The first kappa shape index (κ1) is 24.8. The lowest BCUT2D eigenvalue weighted by atomic mass is 10.1. The largest absolute Gasteiger partial charge is 0.382 e. The standard InChI is InChI=1S/C24H24FN7O3S/c1-13(2)36(33,34)16-6-4-15(5-7-16)20-12-29-23(26)22(31-20)21-10-19(32-35-21)17-8-3-14(9-18(17)25)11-30-24(27)28/h3-10,12-13H,11H2,1-2H3,(H2,26,29)(H4,27,28,30). The van der Waals surface area contributed by atoms with E-state index in [1.54, 1.807) is 38.1 Å². The summed E-state index contributed by atoms with van der Waals surface area (Å²) in [5.41, 5.74) is 13.6. The van der Waals surface area contributed by atoms with E-state index in [0.717, 1.165) is 0 Å². The van der Waals surface area contributed by atoms with E-state index in [2.05, 4.69) is 20.4 Å². The molecule has 4 rings (SSSR count). The molecule has 0 atom stereocenters. The third-order valence-electron chi connectivity index (χ3n) is 5.44. The second-order valence-electron chi connectivity index (χ2n) is 8.27. The molecule has 186 valence electrons. The minimum absolute atomic E-state index is 0.0894. The van der Waals surface area contributed by atoms with Gasteiger partial charge >= 0.3 is 0 Å². The van der Waals surface area contributed by atoms with Crippen molar-refractivity contribution < 1.29 is 17.3 Å². The number of nitrogens with zero attached hydrogens (tertiary/aromatic N) is 3. The highest BCUT2D eigenvalue weighted by atomic mass is 32.2. The molecule has 0 radical (unpaired) electrons. The first-order chi connectivity index (χ1) is 17.1. The number of halogens is 1. The van der Waals surface area contributed by atoms with Gasteiger partial charge in [-0.1, -0.05) is 23.4 Å². The number of hydrogen-bond acceptors (Lipinski definition) is 8. The van der Waals surface area contributed by atoms with Crippen LogP contribution in [0, 0.1) is 11.2 Å². The van der Waals surface area contributed by atoms with Crippen LogP contribution in [0.2, 0.25) is 0 Å². The van der Waals surface area contributed by atoms with Crippen molar-refractivity contribution in [2.45, 2.75) is 30.5 Å². The van der Waals surface area contributed by atoms with Gasteiger partial charge in [0.05, 0.1) is 22.0 Å². The average Bonchev–Trinajstić information content (AvgIpc) is 3.32. The number of nitrogens with one attached hydrogen (secondary N) is 2. The van der Waals surface area contributed by atoms with Crippen LogP contribution in [0.4, 0.5) is 10.2 Å². The number of nitrogens with two attached hydrogens (primary N) is 2. The molecule has 6 N–H and O–H groups in total. The first-order valence-electron chi connectivity index (χ1n) is 10.9. The van der Waals surface area contributed by atoms with E-state index < -0.39 is 20.9 Å². The van der Waals surface area contributed by atoms with Gasteiger partial charge in [-0.3, -0.25) is 5.41 Å². The molecule has 0 unspecified atom stereocenters. The normalized spacial score (nSPS) is 11.6. The quantitative estimate of drug-likeness (QED) is 0.215. The molecule has 10 nitrogen and oxygen atoms in total. The molecule has 36 heavy (non-hydrogen) atoms. The number of sulfone groups is 1. The molecule has 2 aromatic heterocycles. The summed E-state index contributed by atoms with van der Waals surface area (Å²) in [5, 5.41) is 13.2. The fourth-order valence-corrected chi connectivity index (χ4v) is 4.45. The third-order valence-corrected chi connectivity index (χ3v) is 7.61. The Morgan fingerprint density at radius 1 is 1.14 bits per heavy atom. The van der Waals surface area contributed by atoms with Gasteiger partial charge < -0.3 is 21.3 Å². The van der Waals surface area contributed by atoms with Gasteiger partial charge in [-0.2, -0.15) is 0 Å². The third kappa shape index (κ3) is 5.03. The fourth-order valence-electron chi connectivity index (χ4n) is 3.39. The van der Waals surface area contributed by atoms with Gasteiger partial charge in [0.25, 0.3) is 0 Å². The van der Waals surface area contributed by atoms with Gasteiger partial charge in [0.1, 0.15) is 11.5 Å². The Hall–Kier alpha value is -4.32. The van der Waals surface area contributed by atoms with Gasteiger partial charge in [0, 0.05) is 23.7 Å². The smallest absolute Gasteiger partial charge is 0.189 e. The van der Waals surface area contributed by atoms with E-state index in [9.17, 15) is 12.8 Å². The van der Waals surface area contributed by atoms with Crippen molar-refractivity contribution in [1.29, 1.82) is 5.41 Å². The number of aromatic nitrogens is 3. The molecule has 12 heteroatoms. The molecule has 0 aliphatic heterocycles. The van der Waals surface area contributed by atoms with E-state index in [-0.39, 0.29) is 45.9 Å². The van der Waals surface area contributed by atoms with Crippen LogP contribution in [0.5, 0.6) is 0 Å². The Labute approximate surface area is 207 Å². The Morgan fingerprint density at radius 3 is 2.50 bits per heavy atom. The molecule has 2 heterocycles. The summed E-state index contributed by atoms with van der Waals surface area (Å²) in [4.78, 5) is 8.91. The van der Waals surface area contributed by atoms with Gasteiger partial charge in [-0.25, -0.2) is 22.8 Å². The SMILES string of the molecule is CC(C)S(=O)(=O)c1ccc(-c2cnc(N)c(-c3cc(-c4ccc(CNC(=N)N)cc4F)no3)n2)cc1. The van der Waals surface area contributed by atoms with Crippen molar-refractivity contribution in [3.63, 3.8) is 0 Å². The van der Waals surface area contributed by atoms with Crippen molar-refractivity contribution >= 4 is 21.6 Å². The minimum Gasteiger partial charge on any atom is -0.382 e. The zero-order valence-corrected chi connectivity index (χ0v) is 20.3. The Kier molecular flexibility index (Phi) is 6.71. The number of benzene rings is 2. The van der Waals surface area contributed by atoms with Crippen molar-refractivity contribution in [3.8, 4) is 34.0 Å². The highest BCUT2D eigenvalue weighted by Crippen LogP contribution is 2.31. The summed E-state index contributed by atoms with van der Waals surface area (Å²) < 4.78 is 44.9. The van der Waals surface area contributed by atoms with Crippen LogP contribution in [0.25, 0.3) is 34.0 Å². The molecule has 0 spiro atoms. The number of hydrogen-bond donors (Lipinski definition) is 4. The van der Waals surface area contributed by atoms with Crippen LogP contribution in [0.3, 0.4) is 0 Å². The number of guanidine groups is 1. The lowest BCUT2D eigenvalue weighted by Crippen LogP contribution is -2.29. The van der Waals surface area contributed by atoms with Gasteiger partial charge in [-0.05, 0) is 43.7 Å². The molecule has 2 aromatic carbocycles. The van der Waals surface area contributed by atoms with Crippen LogP contribution in [0.15, 0.2) is 64.1 Å². The number of anilines is 1. The zero-order chi connectivity index (χ0) is 26.0. The number of nitrogen functional groups attached to an aromatic ring is 1. The maximum absolute atomic E-state index is 14.7. The Balaban J connectivity index is 1.62. The summed E-state index contributed by atoms with van der Waals surface area (Å²) >= 11 is 0. The molecule has 0 bridgehead atoms. The van der Waals surface area contributed by atoms with Gasteiger partial charge in [-0.15, -0.1) is 0 Å². The summed E-state index contributed by atoms with van der Waals surface area (Å²) in [6, 6.07) is 12.4. The minimum atomic E-state index is -3.40. The molecular formula is C24H24FN7O3S. The highest BCUT2D eigenvalue weighted by molar-refractivity contribution is 7.92. The molecule has 0 saturated heterocycles. The predicted molar refractivity (Wildman–Crippen MR) is 134 cm³/mol. The van der Waals surface area contributed by atoms with Gasteiger partial charge in [0.15, 0.2) is 33.1 Å². The predicted octanol–water partition coefficient (Wildman–Crippen LogP) is 3.35. The van der Waals surface area contributed by atoms with Crippen LogP contribution >= 0.6 is 0 Å². The molecule has 4 aromatic rings. The van der Waals surface area contributed by atoms with E-state index in [1.807, 2.05) is 0 Å². The van der Waals surface area contributed by atoms with Gasteiger partial charge in [0.2, 0.25) is 0 Å². The summed E-state index contributed by atoms with van der Waals surface area (Å²) in [5.74, 6) is -0.454. The lowest BCUT2D eigenvalue weighted by molar-refractivity contribution is 0.433. The maximum atomic E-state index is 14.7. The molecule has 0 amide bonds. The van der Waals surface area contributed by atoms with E-state index >= 15 is 0 Å². The monoisotopic (exact) mass is 509 g/mol. The average molecular weight is 510 g/mol. The van der Waals surface area contributed by atoms with Crippen LogP contribution in [0.1, 0.15) is 19.4 Å². The maximum Gasteiger partial charge on any atom is 0.189 e. The highest BCUT2D eigenvalue weighted by Gasteiger charge is 2.20. The number of rotatable bonds is 7. The molecular weight excluding hydrogens is 485 g/mol. The lowest BCUT2D eigenvalue weighted by Gasteiger charge is -2.09. The second-order valence-corrected chi connectivity index (χ2v) is 10.8. The fraction of sp³-hybridized carbons (Fsp3) is 0.167. The summed E-state index contributed by atoms with van der Waals surface area (Å²) in [6.45, 7) is 3.46. The van der Waals surface area contributed by atoms with E-state index in [4.69, 9.17) is 21.4 Å². The second kappa shape index (κ2) is 9.74. The topological polar surface area (TPSA) is 174 Å². The molecule has 0 aliphatic rings. The van der Waals surface area contributed by atoms with Crippen molar-refractivity contribution in [2.24, 2.45) is 5.73 Å². The first-order valence-corrected chi connectivity index (χ1v) is 12.4. The van der Waals surface area contributed by atoms with Crippen LogP contribution in [-0.4, -0.2) is 34.8 Å². The Morgan fingerprint density at radius 2 is 1.86 bits per heavy atom. The van der Waals surface area contributed by atoms with E-state index in [0.29, 0.717) is 16.8 Å². The van der Waals surface area contributed by atoms with Crippen molar-refractivity contribution in [1.82, 2.24) is 20.4 Å². The Bertz CT molecular complexity index is 1530. The summed E-state index contributed by atoms with van der Waals surface area (Å²) in [6.07, 6.45) is 1.47. The summed E-state index contributed by atoms with van der Waals surface area (Å²) in [7, 11) is -3.40. The van der Waals surface area contributed by atoms with Crippen LogP contribution in [-0.2, 0) is 16.4 Å².